The lowest BCUT2D eigenvalue weighted by Gasteiger charge is -2.39. The lowest BCUT2D eigenvalue weighted by atomic mass is 9.90. The molecule has 168 valence electrons. The molecule has 2 aliphatic heterocycles. The molecule has 6 nitrogen and oxygen atoms in total. The minimum Gasteiger partial charge on any atom is -0.355 e. The lowest BCUT2D eigenvalue weighted by Crippen LogP contribution is -2.45. The van der Waals surface area contributed by atoms with E-state index in [1.807, 2.05) is 6.20 Å². The number of piperazine rings is 1. The first-order chi connectivity index (χ1) is 15.7. The first-order valence-electron chi connectivity index (χ1n) is 12.3. The fraction of sp³-hybridized carbons (Fsp3) is 0.538. The molecular weight excluding hydrogens is 396 g/mol. The van der Waals surface area contributed by atoms with Crippen LogP contribution in [0.5, 0.6) is 0 Å². The van der Waals surface area contributed by atoms with E-state index in [-0.39, 0.29) is 0 Å². The van der Waals surface area contributed by atoms with Crippen molar-refractivity contribution < 1.29 is 0 Å². The average Bonchev–Trinajstić information content (AvgIpc) is 3.58. The van der Waals surface area contributed by atoms with Crippen LogP contribution in [0, 0.1) is 0 Å². The topological polar surface area (TPSA) is 39.9 Å². The van der Waals surface area contributed by atoms with Gasteiger partial charge in [0, 0.05) is 38.6 Å². The Kier molecular flexibility index (Phi) is 5.15. The Bertz CT molecular complexity index is 1090. The Balaban J connectivity index is 1.31. The average molecular weight is 431 g/mol. The number of fused-ring (bicyclic) bond motifs is 1. The minimum atomic E-state index is 0.336. The van der Waals surface area contributed by atoms with Crippen molar-refractivity contribution in [2.45, 2.75) is 50.1 Å². The third kappa shape index (κ3) is 3.59. The molecule has 6 heteroatoms. The molecule has 0 amide bonds. The molecule has 0 aromatic carbocycles. The first-order valence-corrected chi connectivity index (χ1v) is 12.3. The Labute approximate surface area is 190 Å². The molecule has 2 atom stereocenters. The number of aromatic nitrogens is 3. The molecule has 32 heavy (non-hydrogen) atoms. The molecule has 0 N–H and O–H groups in total. The summed E-state index contributed by atoms with van der Waals surface area (Å²) in [6.45, 7) is 4.35. The number of hydrogen-bond donors (Lipinski definition) is 0. The highest BCUT2D eigenvalue weighted by molar-refractivity contribution is 5.53. The molecule has 3 aliphatic rings. The van der Waals surface area contributed by atoms with Crippen LogP contribution in [0.4, 0.5) is 5.82 Å². The fourth-order valence-corrected chi connectivity index (χ4v) is 5.73. The molecule has 3 fully saturated rings. The molecule has 0 radical (unpaired) electrons. The highest BCUT2D eigenvalue weighted by Gasteiger charge is 2.36. The van der Waals surface area contributed by atoms with Crippen LogP contribution in [0.3, 0.4) is 0 Å². The number of piperidine rings is 1. The summed E-state index contributed by atoms with van der Waals surface area (Å²) in [5.74, 6) is 2.00. The fourth-order valence-electron chi connectivity index (χ4n) is 5.73. The van der Waals surface area contributed by atoms with Gasteiger partial charge in [0.05, 0.1) is 23.5 Å². The number of likely N-dealkylation sites (N-methyl/N-ethyl adjacent to an activating group) is 1. The van der Waals surface area contributed by atoms with Gasteiger partial charge in [0.15, 0.2) is 0 Å². The maximum absolute atomic E-state index is 5.12. The third-order valence-corrected chi connectivity index (χ3v) is 7.80. The molecule has 2 saturated heterocycles. The quantitative estimate of drug-likeness (QED) is 0.619. The molecule has 3 aromatic rings. The summed E-state index contributed by atoms with van der Waals surface area (Å²) in [5.41, 5.74) is 5.05. The zero-order chi connectivity index (χ0) is 21.7. The summed E-state index contributed by atoms with van der Waals surface area (Å²) < 4.78 is 2.31. The molecule has 1 aliphatic carbocycles. The zero-order valence-corrected chi connectivity index (χ0v) is 19.3. The second-order valence-corrected chi connectivity index (χ2v) is 9.95. The van der Waals surface area contributed by atoms with E-state index in [2.05, 4.69) is 69.7 Å². The molecular formula is C26H34N6. The van der Waals surface area contributed by atoms with E-state index in [9.17, 15) is 0 Å². The van der Waals surface area contributed by atoms with Gasteiger partial charge >= 0.3 is 0 Å². The van der Waals surface area contributed by atoms with Gasteiger partial charge in [0.1, 0.15) is 11.5 Å². The summed E-state index contributed by atoms with van der Waals surface area (Å²) >= 11 is 0. The number of likely N-dealkylation sites (tertiary alicyclic amines) is 1. The van der Waals surface area contributed by atoms with Crippen molar-refractivity contribution in [3.63, 3.8) is 0 Å². The highest BCUT2D eigenvalue weighted by Crippen LogP contribution is 2.46. The van der Waals surface area contributed by atoms with Gasteiger partial charge in [0.25, 0.3) is 0 Å². The maximum atomic E-state index is 5.12. The number of anilines is 1. The summed E-state index contributed by atoms with van der Waals surface area (Å²) in [5, 5.41) is 0. The molecule has 0 unspecified atom stereocenters. The van der Waals surface area contributed by atoms with Crippen LogP contribution < -0.4 is 4.90 Å². The van der Waals surface area contributed by atoms with Gasteiger partial charge < -0.3 is 9.80 Å². The van der Waals surface area contributed by atoms with E-state index in [1.54, 1.807) is 0 Å². The number of nitrogens with zero attached hydrogens (tertiary/aromatic N) is 6. The van der Waals surface area contributed by atoms with Gasteiger partial charge in [-0.15, -0.1) is 0 Å². The Hall–Kier alpha value is -2.44. The molecule has 0 bridgehead atoms. The van der Waals surface area contributed by atoms with Gasteiger partial charge in [-0.1, -0.05) is 12.1 Å². The zero-order valence-electron chi connectivity index (χ0n) is 19.3. The Morgan fingerprint density at radius 3 is 2.50 bits per heavy atom. The van der Waals surface area contributed by atoms with Crippen LogP contribution in [-0.2, 0) is 0 Å². The number of rotatable bonds is 4. The van der Waals surface area contributed by atoms with Crippen molar-refractivity contribution in [1.29, 1.82) is 0 Å². The van der Waals surface area contributed by atoms with Crippen LogP contribution in [-0.4, -0.2) is 64.4 Å². The van der Waals surface area contributed by atoms with Gasteiger partial charge in [-0.25, -0.2) is 4.98 Å². The van der Waals surface area contributed by atoms with Crippen molar-refractivity contribution in [2.24, 2.45) is 0 Å². The van der Waals surface area contributed by atoms with Crippen LogP contribution in [0.15, 0.2) is 42.7 Å². The van der Waals surface area contributed by atoms with Crippen LogP contribution >= 0.6 is 0 Å². The molecule has 6 rings (SSSR count). The van der Waals surface area contributed by atoms with Crippen LogP contribution in [0.2, 0.25) is 0 Å². The van der Waals surface area contributed by atoms with Gasteiger partial charge in [-0.2, -0.15) is 0 Å². The lowest BCUT2D eigenvalue weighted by molar-refractivity contribution is 0.109. The smallest absolute Gasteiger partial charge is 0.138 e. The standard InChI is InChI=1S/C26H34N6/c1-29-14-16-31(17-15-29)25-10-4-9-24-28-21(18-32(24)25)22-7-3-8-23(30(22)2)26-20(19-11-12-19)6-5-13-27-26/h4-6,9-10,13,18-19,22-23H,3,7-8,11-12,14-17H2,1-2H3/t22-,23+/m0/s1. The monoisotopic (exact) mass is 430 g/mol. The third-order valence-electron chi connectivity index (χ3n) is 7.80. The second-order valence-electron chi connectivity index (χ2n) is 9.95. The van der Waals surface area contributed by atoms with Crippen molar-refractivity contribution in [3.8, 4) is 0 Å². The molecule has 0 spiro atoms. The summed E-state index contributed by atoms with van der Waals surface area (Å²) in [6.07, 6.45) is 10.5. The summed E-state index contributed by atoms with van der Waals surface area (Å²) in [4.78, 5) is 17.5. The predicted octanol–water partition coefficient (Wildman–Crippen LogP) is 4.26. The molecule has 3 aromatic heterocycles. The van der Waals surface area contributed by atoms with E-state index in [4.69, 9.17) is 9.97 Å². The van der Waals surface area contributed by atoms with E-state index in [0.717, 1.165) is 44.2 Å². The van der Waals surface area contributed by atoms with Gasteiger partial charge in [-0.05, 0) is 75.9 Å². The maximum Gasteiger partial charge on any atom is 0.138 e. The van der Waals surface area contributed by atoms with E-state index in [1.165, 1.54) is 48.5 Å². The SMILES string of the molecule is CN1CCN(c2cccc3nc([C@@H]4CCC[C@H](c5ncccc5C5CC5)N4C)cn23)CC1. The summed E-state index contributed by atoms with van der Waals surface area (Å²) in [6, 6.07) is 11.7. The Morgan fingerprint density at radius 2 is 1.69 bits per heavy atom. The predicted molar refractivity (Wildman–Crippen MR) is 128 cm³/mol. The van der Waals surface area contributed by atoms with Crippen LogP contribution in [0.25, 0.3) is 5.65 Å². The Morgan fingerprint density at radius 1 is 0.875 bits per heavy atom. The number of hydrogen-bond acceptors (Lipinski definition) is 5. The van der Waals surface area contributed by atoms with E-state index >= 15 is 0 Å². The van der Waals surface area contributed by atoms with Gasteiger partial charge in [-0.3, -0.25) is 14.3 Å². The summed E-state index contributed by atoms with van der Waals surface area (Å²) in [7, 11) is 4.49. The number of pyridine rings is 2. The highest BCUT2D eigenvalue weighted by atomic mass is 15.3. The normalized spacial score (nSPS) is 25.5. The minimum absolute atomic E-state index is 0.336. The van der Waals surface area contributed by atoms with Gasteiger partial charge in [0.2, 0.25) is 0 Å². The van der Waals surface area contributed by atoms with Crippen molar-refractivity contribution in [2.75, 3.05) is 45.2 Å². The molecule has 1 saturated carbocycles. The second kappa shape index (κ2) is 8.16. The molecule has 5 heterocycles. The number of imidazole rings is 1. The van der Waals surface area contributed by atoms with Crippen molar-refractivity contribution in [3.05, 3.63) is 59.7 Å². The first kappa shape index (κ1) is 20.2. The van der Waals surface area contributed by atoms with Crippen LogP contribution in [0.1, 0.15) is 67.1 Å². The van der Waals surface area contributed by atoms with Crippen molar-refractivity contribution in [1.82, 2.24) is 24.2 Å². The van der Waals surface area contributed by atoms with Crippen molar-refractivity contribution >= 4 is 11.5 Å². The van der Waals surface area contributed by atoms with E-state index < -0.39 is 0 Å². The largest absolute Gasteiger partial charge is 0.355 e. The van der Waals surface area contributed by atoms with E-state index in [0.29, 0.717) is 12.1 Å².